The minimum atomic E-state index is -1.88. The zero-order valence-corrected chi connectivity index (χ0v) is 15.0. The van der Waals surface area contributed by atoms with Crippen molar-refractivity contribution >= 4 is 11.9 Å². The summed E-state index contributed by atoms with van der Waals surface area (Å²) < 4.78 is 15.9. The first-order chi connectivity index (χ1) is 12.7. The largest absolute Gasteiger partial charge is 0.480 e. The summed E-state index contributed by atoms with van der Waals surface area (Å²) in [5, 5.41) is 39.2. The smallest absolute Gasteiger partial charge is 0.323 e. The zero-order chi connectivity index (χ0) is 20.2. The standard InChI is InChI=1S/C18H24O9/c1-18(2,16(22)23)17(24)27-14-12(20)11(8-19)26-15(13(14)21)25-9-10-6-4-3-5-7-10/h3-7,11-15,19-21H,8-9H2,1-2H3,(H,22,23)/t11-,12-,13-,14+,15-/m1/s1. The highest BCUT2D eigenvalue weighted by molar-refractivity contribution is 5.98. The molecule has 0 amide bonds. The van der Waals surface area contributed by atoms with Crippen LogP contribution in [0.4, 0.5) is 0 Å². The number of hydrogen-bond acceptors (Lipinski definition) is 8. The lowest BCUT2D eigenvalue weighted by atomic mass is 9.93. The third-order valence-electron chi connectivity index (χ3n) is 4.37. The van der Waals surface area contributed by atoms with Crippen molar-refractivity contribution in [2.75, 3.05) is 6.61 Å². The molecule has 1 saturated heterocycles. The summed E-state index contributed by atoms with van der Waals surface area (Å²) in [7, 11) is 0. The van der Waals surface area contributed by atoms with E-state index in [2.05, 4.69) is 0 Å². The highest BCUT2D eigenvalue weighted by Gasteiger charge is 2.49. The van der Waals surface area contributed by atoms with Crippen LogP contribution in [0.1, 0.15) is 19.4 Å². The van der Waals surface area contributed by atoms with Crippen LogP contribution in [0, 0.1) is 5.41 Å². The second-order valence-corrected chi connectivity index (χ2v) is 6.80. The van der Waals surface area contributed by atoms with E-state index in [1.165, 1.54) is 0 Å². The lowest BCUT2D eigenvalue weighted by molar-refractivity contribution is -0.307. The van der Waals surface area contributed by atoms with E-state index < -0.39 is 54.7 Å². The minimum absolute atomic E-state index is 0.0676. The first-order valence-electron chi connectivity index (χ1n) is 8.41. The Bertz CT molecular complexity index is 645. The van der Waals surface area contributed by atoms with E-state index in [0.717, 1.165) is 19.4 Å². The summed E-state index contributed by atoms with van der Waals surface area (Å²) in [6.07, 6.45) is -7.14. The molecule has 9 nitrogen and oxygen atoms in total. The molecule has 0 spiro atoms. The zero-order valence-electron chi connectivity index (χ0n) is 15.0. The summed E-state index contributed by atoms with van der Waals surface area (Å²) >= 11 is 0. The molecule has 0 saturated carbocycles. The van der Waals surface area contributed by atoms with Crippen molar-refractivity contribution in [2.45, 2.75) is 51.2 Å². The Hall–Kier alpha value is -2.04. The average Bonchev–Trinajstić information content (AvgIpc) is 2.65. The van der Waals surface area contributed by atoms with Crippen LogP contribution < -0.4 is 0 Å². The van der Waals surface area contributed by atoms with Gasteiger partial charge in [-0.1, -0.05) is 30.3 Å². The molecule has 1 heterocycles. The Balaban J connectivity index is 2.12. The van der Waals surface area contributed by atoms with E-state index in [1.807, 2.05) is 6.07 Å². The lowest BCUT2D eigenvalue weighted by Crippen LogP contribution is -2.61. The number of carboxylic acids is 1. The Morgan fingerprint density at radius 2 is 1.78 bits per heavy atom. The van der Waals surface area contributed by atoms with E-state index >= 15 is 0 Å². The number of esters is 1. The normalized spacial score (nSPS) is 28.6. The third kappa shape index (κ3) is 4.82. The predicted octanol–water partition coefficient (Wildman–Crippen LogP) is -0.335. The molecule has 2 rings (SSSR count). The van der Waals surface area contributed by atoms with Gasteiger partial charge in [-0.2, -0.15) is 0 Å². The maximum atomic E-state index is 12.2. The summed E-state index contributed by atoms with van der Waals surface area (Å²) in [5.74, 6) is -2.56. The first-order valence-corrected chi connectivity index (χ1v) is 8.41. The summed E-state index contributed by atoms with van der Waals surface area (Å²) in [6, 6.07) is 9.01. The Labute approximate surface area is 156 Å². The van der Waals surface area contributed by atoms with Crippen LogP contribution >= 0.6 is 0 Å². The van der Waals surface area contributed by atoms with Gasteiger partial charge in [-0.3, -0.25) is 9.59 Å². The van der Waals surface area contributed by atoms with Crippen molar-refractivity contribution in [1.82, 2.24) is 0 Å². The lowest BCUT2D eigenvalue weighted by Gasteiger charge is -2.41. The quantitative estimate of drug-likeness (QED) is 0.367. The van der Waals surface area contributed by atoms with Crippen molar-refractivity contribution in [3.05, 3.63) is 35.9 Å². The number of benzene rings is 1. The number of aliphatic carboxylic acids is 1. The average molecular weight is 384 g/mol. The number of carbonyl (C=O) groups excluding carboxylic acids is 1. The topological polar surface area (TPSA) is 143 Å². The molecule has 0 aliphatic carbocycles. The van der Waals surface area contributed by atoms with Gasteiger partial charge < -0.3 is 34.6 Å². The van der Waals surface area contributed by atoms with Gasteiger partial charge in [0.1, 0.15) is 18.3 Å². The second-order valence-electron chi connectivity index (χ2n) is 6.80. The molecule has 0 unspecified atom stereocenters. The van der Waals surface area contributed by atoms with Crippen molar-refractivity contribution in [1.29, 1.82) is 0 Å². The van der Waals surface area contributed by atoms with Crippen molar-refractivity contribution in [3.8, 4) is 0 Å². The molecule has 0 radical (unpaired) electrons. The number of carboxylic acid groups (broad SMARTS) is 1. The van der Waals surface area contributed by atoms with Crippen LogP contribution in [-0.2, 0) is 30.4 Å². The molecule has 1 aromatic carbocycles. The van der Waals surface area contributed by atoms with Gasteiger partial charge in [0.05, 0.1) is 13.2 Å². The van der Waals surface area contributed by atoms with E-state index in [9.17, 15) is 24.9 Å². The maximum Gasteiger partial charge on any atom is 0.323 e. The fraction of sp³-hybridized carbons (Fsp3) is 0.556. The Kier molecular flexibility index (Phi) is 6.90. The first kappa shape index (κ1) is 21.3. The van der Waals surface area contributed by atoms with E-state index in [-0.39, 0.29) is 6.61 Å². The van der Waals surface area contributed by atoms with Crippen molar-refractivity contribution < 1.29 is 44.2 Å². The van der Waals surface area contributed by atoms with E-state index in [4.69, 9.17) is 19.3 Å². The molecule has 1 aliphatic rings. The number of aliphatic hydroxyl groups is 3. The maximum absolute atomic E-state index is 12.2. The molecule has 5 atom stereocenters. The van der Waals surface area contributed by atoms with E-state index in [0.29, 0.717) is 0 Å². The monoisotopic (exact) mass is 384 g/mol. The second kappa shape index (κ2) is 8.77. The van der Waals surface area contributed by atoms with Gasteiger partial charge in [0, 0.05) is 0 Å². The van der Waals surface area contributed by atoms with Gasteiger partial charge in [-0.05, 0) is 19.4 Å². The van der Waals surface area contributed by atoms with E-state index in [1.54, 1.807) is 24.3 Å². The summed E-state index contributed by atoms with van der Waals surface area (Å²) in [6.45, 7) is 1.74. The highest BCUT2D eigenvalue weighted by atomic mass is 16.7. The van der Waals surface area contributed by atoms with Gasteiger partial charge in [-0.15, -0.1) is 0 Å². The summed E-state index contributed by atoms with van der Waals surface area (Å²) in [5.41, 5.74) is -1.09. The van der Waals surface area contributed by atoms with Crippen LogP contribution in [0.2, 0.25) is 0 Å². The molecule has 1 aromatic rings. The molecule has 0 bridgehead atoms. The number of rotatable bonds is 7. The molecular weight excluding hydrogens is 360 g/mol. The highest BCUT2D eigenvalue weighted by Crippen LogP contribution is 2.28. The van der Waals surface area contributed by atoms with Crippen LogP contribution in [0.5, 0.6) is 0 Å². The third-order valence-corrected chi connectivity index (χ3v) is 4.37. The van der Waals surface area contributed by atoms with Crippen LogP contribution in [0.25, 0.3) is 0 Å². The van der Waals surface area contributed by atoms with Crippen LogP contribution in [0.3, 0.4) is 0 Å². The van der Waals surface area contributed by atoms with Gasteiger partial charge in [0.25, 0.3) is 0 Å². The fourth-order valence-corrected chi connectivity index (χ4v) is 2.44. The molecule has 27 heavy (non-hydrogen) atoms. The van der Waals surface area contributed by atoms with Crippen LogP contribution in [-0.4, -0.2) is 69.7 Å². The molecule has 1 aliphatic heterocycles. The van der Waals surface area contributed by atoms with Crippen molar-refractivity contribution in [3.63, 3.8) is 0 Å². The molecule has 0 aromatic heterocycles. The van der Waals surface area contributed by atoms with Gasteiger partial charge >= 0.3 is 11.9 Å². The molecular formula is C18H24O9. The number of ether oxygens (including phenoxy) is 3. The molecule has 4 N–H and O–H groups in total. The minimum Gasteiger partial charge on any atom is -0.480 e. The van der Waals surface area contributed by atoms with Gasteiger partial charge in [0.15, 0.2) is 17.8 Å². The van der Waals surface area contributed by atoms with Crippen LogP contribution in [0.15, 0.2) is 30.3 Å². The van der Waals surface area contributed by atoms with Gasteiger partial charge in [0.2, 0.25) is 0 Å². The fourth-order valence-electron chi connectivity index (χ4n) is 2.44. The Morgan fingerprint density at radius 3 is 2.33 bits per heavy atom. The molecule has 9 heteroatoms. The molecule has 1 fully saturated rings. The van der Waals surface area contributed by atoms with Crippen molar-refractivity contribution in [2.24, 2.45) is 5.41 Å². The SMILES string of the molecule is CC(C)(C(=O)O)C(=O)O[C@@H]1[C@@H](O)[C@H](OCc2ccccc2)O[C@H](CO)[C@H]1O. The summed E-state index contributed by atoms with van der Waals surface area (Å²) in [4.78, 5) is 23.4. The predicted molar refractivity (Wildman–Crippen MR) is 90.3 cm³/mol. The number of hydrogen-bond donors (Lipinski definition) is 4. The van der Waals surface area contributed by atoms with Gasteiger partial charge in [-0.25, -0.2) is 0 Å². The Morgan fingerprint density at radius 1 is 1.15 bits per heavy atom. The number of carbonyl (C=O) groups is 2. The molecule has 150 valence electrons. The number of aliphatic hydroxyl groups excluding tert-OH is 3.